The minimum absolute atomic E-state index is 0.223. The number of fused-ring (bicyclic) bond motifs is 1. The van der Waals surface area contributed by atoms with E-state index in [4.69, 9.17) is 5.84 Å². The summed E-state index contributed by atoms with van der Waals surface area (Å²) in [4.78, 5) is 4.45. The number of pyridine rings is 1. The lowest BCUT2D eigenvalue weighted by Gasteiger charge is -2.15. The first-order valence-electron chi connectivity index (χ1n) is 6.14. The molecular weight excluding hydrogens is 230 g/mol. The third kappa shape index (κ3) is 3.03. The largest absolute Gasteiger partial charge is 0.271 e. The molecule has 1 atom stereocenters. The highest BCUT2D eigenvalue weighted by Gasteiger charge is 2.10. The van der Waals surface area contributed by atoms with Crippen molar-refractivity contribution in [3.8, 4) is 0 Å². The Kier molecular flexibility index (Phi) is 4.48. The molecule has 1 unspecified atom stereocenters. The first kappa shape index (κ1) is 12.5. The quantitative estimate of drug-likeness (QED) is 0.469. The Morgan fingerprint density at radius 3 is 3.12 bits per heavy atom. The highest BCUT2D eigenvalue weighted by atomic mass is 32.1. The van der Waals surface area contributed by atoms with Gasteiger partial charge in [0.25, 0.3) is 0 Å². The molecule has 0 aliphatic heterocycles. The van der Waals surface area contributed by atoms with Crippen LogP contribution in [0.25, 0.3) is 10.2 Å². The van der Waals surface area contributed by atoms with Crippen LogP contribution in [-0.2, 0) is 0 Å². The highest BCUT2D eigenvalue weighted by molar-refractivity contribution is 7.17. The van der Waals surface area contributed by atoms with Crippen molar-refractivity contribution in [1.82, 2.24) is 10.4 Å². The molecule has 0 amide bonds. The molecule has 2 aromatic heterocycles. The van der Waals surface area contributed by atoms with Gasteiger partial charge in [-0.15, -0.1) is 11.3 Å². The maximum atomic E-state index is 5.63. The maximum Gasteiger partial charge on any atom is 0.0809 e. The zero-order valence-corrected chi connectivity index (χ0v) is 11.0. The van der Waals surface area contributed by atoms with Gasteiger partial charge in [-0.3, -0.25) is 16.3 Å². The van der Waals surface area contributed by atoms with Crippen molar-refractivity contribution in [2.45, 2.75) is 38.6 Å². The lowest BCUT2D eigenvalue weighted by atomic mass is 10.0. The summed E-state index contributed by atoms with van der Waals surface area (Å²) in [6.45, 7) is 2.21. The molecular formula is C13H19N3S. The van der Waals surface area contributed by atoms with Gasteiger partial charge in [-0.2, -0.15) is 0 Å². The fraction of sp³-hybridized carbons (Fsp3) is 0.462. The Balaban J connectivity index is 2.11. The molecule has 0 saturated carbocycles. The maximum absolute atomic E-state index is 5.63. The molecule has 0 spiro atoms. The minimum Gasteiger partial charge on any atom is -0.271 e. The predicted octanol–water partition coefficient (Wildman–Crippen LogP) is 3.38. The fourth-order valence-corrected chi connectivity index (χ4v) is 2.79. The molecule has 2 rings (SSSR count). The van der Waals surface area contributed by atoms with Gasteiger partial charge >= 0.3 is 0 Å². The molecule has 92 valence electrons. The van der Waals surface area contributed by atoms with Crippen LogP contribution in [0.15, 0.2) is 23.7 Å². The lowest BCUT2D eigenvalue weighted by molar-refractivity contribution is 0.486. The van der Waals surface area contributed by atoms with Gasteiger partial charge < -0.3 is 0 Å². The van der Waals surface area contributed by atoms with E-state index in [1.54, 1.807) is 11.3 Å². The van der Waals surface area contributed by atoms with E-state index in [2.05, 4.69) is 28.8 Å². The van der Waals surface area contributed by atoms with Crippen LogP contribution < -0.4 is 11.3 Å². The summed E-state index contributed by atoms with van der Waals surface area (Å²) in [7, 11) is 0. The zero-order valence-electron chi connectivity index (χ0n) is 10.1. The van der Waals surface area contributed by atoms with E-state index in [0.717, 1.165) is 11.9 Å². The number of thiophene rings is 1. The number of nitrogens with zero attached hydrogens (tertiary/aromatic N) is 1. The van der Waals surface area contributed by atoms with Gasteiger partial charge in [-0.1, -0.05) is 26.2 Å². The standard InChI is InChI=1S/C13H19N3S/c1-2-3-4-5-11(16-14)10-8-13-12(15-9-10)6-7-17-13/h6-9,11,16H,2-5,14H2,1H3. The van der Waals surface area contributed by atoms with E-state index >= 15 is 0 Å². The number of aromatic nitrogens is 1. The predicted molar refractivity (Wildman–Crippen MR) is 73.8 cm³/mol. The van der Waals surface area contributed by atoms with Crippen LogP contribution in [0.1, 0.15) is 44.2 Å². The summed E-state index contributed by atoms with van der Waals surface area (Å²) in [5.41, 5.74) is 5.16. The third-order valence-electron chi connectivity index (χ3n) is 3.02. The number of rotatable bonds is 6. The van der Waals surface area contributed by atoms with Crippen LogP contribution in [-0.4, -0.2) is 4.98 Å². The second-order valence-electron chi connectivity index (χ2n) is 4.29. The Hall–Kier alpha value is -0.970. The second-order valence-corrected chi connectivity index (χ2v) is 5.24. The van der Waals surface area contributed by atoms with Crippen molar-refractivity contribution < 1.29 is 0 Å². The molecule has 0 saturated heterocycles. The van der Waals surface area contributed by atoms with E-state index in [1.807, 2.05) is 12.3 Å². The molecule has 4 heteroatoms. The Labute approximate surface area is 106 Å². The van der Waals surface area contributed by atoms with Crippen LogP contribution in [0.3, 0.4) is 0 Å². The third-order valence-corrected chi connectivity index (χ3v) is 3.88. The molecule has 2 aromatic rings. The summed E-state index contributed by atoms with van der Waals surface area (Å²) in [6, 6.07) is 4.47. The van der Waals surface area contributed by atoms with Crippen molar-refractivity contribution >= 4 is 21.6 Å². The van der Waals surface area contributed by atoms with E-state index in [-0.39, 0.29) is 6.04 Å². The van der Waals surface area contributed by atoms with Gasteiger partial charge in [0.1, 0.15) is 0 Å². The van der Waals surface area contributed by atoms with Crippen molar-refractivity contribution in [2.75, 3.05) is 0 Å². The molecule has 0 aliphatic carbocycles. The average Bonchev–Trinajstić information content (AvgIpc) is 2.82. The minimum atomic E-state index is 0.223. The molecule has 0 bridgehead atoms. The summed E-state index contributed by atoms with van der Waals surface area (Å²) in [5.74, 6) is 5.63. The van der Waals surface area contributed by atoms with E-state index in [1.165, 1.54) is 29.5 Å². The Morgan fingerprint density at radius 2 is 2.35 bits per heavy atom. The number of nitrogens with two attached hydrogens (primary N) is 1. The van der Waals surface area contributed by atoms with Crippen molar-refractivity contribution in [1.29, 1.82) is 0 Å². The van der Waals surface area contributed by atoms with Crippen LogP contribution >= 0.6 is 11.3 Å². The van der Waals surface area contributed by atoms with Crippen LogP contribution in [0.4, 0.5) is 0 Å². The van der Waals surface area contributed by atoms with Gasteiger partial charge in [-0.25, -0.2) is 0 Å². The normalized spacial score (nSPS) is 13.1. The van der Waals surface area contributed by atoms with Crippen LogP contribution in [0.5, 0.6) is 0 Å². The molecule has 3 nitrogen and oxygen atoms in total. The molecule has 3 N–H and O–H groups in total. The van der Waals surface area contributed by atoms with Crippen molar-refractivity contribution in [3.63, 3.8) is 0 Å². The van der Waals surface area contributed by atoms with Gasteiger partial charge in [0.05, 0.1) is 10.2 Å². The molecule has 2 heterocycles. The Morgan fingerprint density at radius 1 is 1.47 bits per heavy atom. The number of unbranched alkanes of at least 4 members (excludes halogenated alkanes) is 2. The van der Waals surface area contributed by atoms with E-state index < -0.39 is 0 Å². The smallest absolute Gasteiger partial charge is 0.0809 e. The topological polar surface area (TPSA) is 50.9 Å². The molecule has 0 aliphatic rings. The number of hydrogen-bond acceptors (Lipinski definition) is 4. The van der Waals surface area contributed by atoms with Gasteiger partial charge in [-0.05, 0) is 29.5 Å². The molecule has 0 fully saturated rings. The number of nitrogens with one attached hydrogen (secondary N) is 1. The summed E-state index contributed by atoms with van der Waals surface area (Å²) in [5, 5.41) is 2.07. The number of hydrazine groups is 1. The zero-order chi connectivity index (χ0) is 12.1. The SMILES string of the molecule is CCCCCC(NN)c1cnc2ccsc2c1. The van der Waals surface area contributed by atoms with Crippen LogP contribution in [0.2, 0.25) is 0 Å². The second kappa shape index (κ2) is 6.10. The lowest BCUT2D eigenvalue weighted by Crippen LogP contribution is -2.28. The van der Waals surface area contributed by atoms with Crippen LogP contribution in [0, 0.1) is 0 Å². The van der Waals surface area contributed by atoms with E-state index in [9.17, 15) is 0 Å². The highest BCUT2D eigenvalue weighted by Crippen LogP contribution is 2.25. The number of hydrogen-bond donors (Lipinski definition) is 2. The van der Waals surface area contributed by atoms with Crippen molar-refractivity contribution in [2.24, 2.45) is 5.84 Å². The summed E-state index contributed by atoms with van der Waals surface area (Å²) >= 11 is 1.73. The van der Waals surface area contributed by atoms with Crippen molar-refractivity contribution in [3.05, 3.63) is 29.3 Å². The molecule has 0 radical (unpaired) electrons. The molecule has 17 heavy (non-hydrogen) atoms. The Bertz CT molecular complexity index is 466. The first-order valence-corrected chi connectivity index (χ1v) is 7.02. The summed E-state index contributed by atoms with van der Waals surface area (Å²) in [6.07, 6.45) is 6.70. The monoisotopic (exact) mass is 249 g/mol. The van der Waals surface area contributed by atoms with Gasteiger partial charge in [0.2, 0.25) is 0 Å². The van der Waals surface area contributed by atoms with Gasteiger partial charge in [0, 0.05) is 12.2 Å². The fourth-order valence-electron chi connectivity index (χ4n) is 2.00. The van der Waals surface area contributed by atoms with Gasteiger partial charge in [0.15, 0.2) is 0 Å². The molecule has 0 aromatic carbocycles. The average molecular weight is 249 g/mol. The first-order chi connectivity index (χ1) is 8.35. The summed E-state index contributed by atoms with van der Waals surface area (Å²) < 4.78 is 1.23. The van der Waals surface area contributed by atoms with E-state index in [0.29, 0.717) is 0 Å².